The van der Waals surface area contributed by atoms with Gasteiger partial charge in [-0.25, -0.2) is 0 Å². The summed E-state index contributed by atoms with van der Waals surface area (Å²) in [6, 6.07) is 7.75. The number of carbonyl (C=O) groups excluding carboxylic acids is 1. The third kappa shape index (κ3) is 2.27. The van der Waals surface area contributed by atoms with Crippen LogP contribution in [-0.2, 0) is 4.79 Å². The first-order chi connectivity index (χ1) is 8.75. The maximum Gasteiger partial charge on any atom is 0.227 e. The molecule has 1 N–H and O–H groups in total. The number of rotatable bonds is 2. The minimum absolute atomic E-state index is 0.221. The Morgan fingerprint density at radius 3 is 2.83 bits per heavy atom. The molecule has 2 aliphatic rings. The molecule has 1 fully saturated rings. The number of carbonyl (C=O) groups is 1. The van der Waals surface area contributed by atoms with Crippen molar-refractivity contribution in [1.29, 1.82) is 0 Å². The van der Waals surface area contributed by atoms with Gasteiger partial charge >= 0.3 is 0 Å². The fourth-order valence-corrected chi connectivity index (χ4v) is 2.67. The Morgan fingerprint density at radius 1 is 1.28 bits per heavy atom. The van der Waals surface area contributed by atoms with Crippen LogP contribution in [-0.4, -0.2) is 17.6 Å². The fraction of sp³-hybridized carbons (Fsp3) is 0.533. The Kier molecular flexibility index (Phi) is 3.08. The average molecular weight is 245 g/mol. The van der Waals surface area contributed by atoms with Gasteiger partial charge in [-0.05, 0) is 37.7 Å². The molecule has 0 saturated heterocycles. The molecule has 0 radical (unpaired) electrons. The van der Waals surface area contributed by atoms with Crippen molar-refractivity contribution in [1.82, 2.24) is 0 Å². The molecule has 1 aliphatic heterocycles. The van der Waals surface area contributed by atoms with Gasteiger partial charge in [-0.1, -0.05) is 18.2 Å². The summed E-state index contributed by atoms with van der Waals surface area (Å²) in [7, 11) is 0. The van der Waals surface area contributed by atoms with E-state index in [4.69, 9.17) is 0 Å². The number of hydrogen-bond acceptors (Lipinski definition) is 2. The van der Waals surface area contributed by atoms with Crippen molar-refractivity contribution in [2.24, 2.45) is 5.92 Å². The molecule has 0 spiro atoms. The maximum atomic E-state index is 12.3. The zero-order valence-corrected chi connectivity index (χ0v) is 10.5. The molecule has 1 heterocycles. The standard InChI is InChI=1S/C15H19NO2/c17-14-6-3-9-16(15(18)10-11-7-8-11)13-5-2-1-4-12(13)14/h1-2,4-5,11,14,17H,3,6-10H2. The lowest BCUT2D eigenvalue weighted by Crippen LogP contribution is -2.31. The van der Waals surface area contributed by atoms with E-state index in [0.717, 1.165) is 30.6 Å². The number of hydrogen-bond donors (Lipinski definition) is 1. The number of benzene rings is 1. The number of aliphatic hydroxyl groups is 1. The molecule has 1 aromatic carbocycles. The second-order valence-electron chi connectivity index (χ2n) is 5.41. The van der Waals surface area contributed by atoms with Crippen molar-refractivity contribution in [3.8, 4) is 0 Å². The number of para-hydroxylation sites is 1. The molecule has 1 atom stereocenters. The second kappa shape index (κ2) is 4.73. The van der Waals surface area contributed by atoms with Crippen LogP contribution in [0.3, 0.4) is 0 Å². The first kappa shape index (κ1) is 11.7. The van der Waals surface area contributed by atoms with E-state index in [0.29, 0.717) is 12.3 Å². The first-order valence-corrected chi connectivity index (χ1v) is 6.83. The maximum absolute atomic E-state index is 12.3. The lowest BCUT2D eigenvalue weighted by molar-refractivity contribution is -0.118. The number of fused-ring (bicyclic) bond motifs is 1. The summed E-state index contributed by atoms with van der Waals surface area (Å²) < 4.78 is 0. The van der Waals surface area contributed by atoms with Gasteiger partial charge in [0.1, 0.15) is 0 Å². The highest BCUT2D eigenvalue weighted by molar-refractivity contribution is 5.94. The van der Waals surface area contributed by atoms with E-state index in [1.54, 1.807) is 0 Å². The van der Waals surface area contributed by atoms with Crippen LogP contribution in [0.5, 0.6) is 0 Å². The molecule has 1 saturated carbocycles. The van der Waals surface area contributed by atoms with Gasteiger partial charge in [0.05, 0.1) is 6.10 Å². The van der Waals surface area contributed by atoms with E-state index in [1.165, 1.54) is 12.8 Å². The normalized spacial score (nSPS) is 23.4. The largest absolute Gasteiger partial charge is 0.388 e. The molecule has 0 aromatic heterocycles. The van der Waals surface area contributed by atoms with Gasteiger partial charge < -0.3 is 10.0 Å². The zero-order valence-electron chi connectivity index (χ0n) is 10.5. The van der Waals surface area contributed by atoms with Crippen LogP contribution in [0.4, 0.5) is 5.69 Å². The number of nitrogens with zero attached hydrogens (tertiary/aromatic N) is 1. The van der Waals surface area contributed by atoms with Crippen molar-refractivity contribution in [3.63, 3.8) is 0 Å². The Labute approximate surface area is 107 Å². The topological polar surface area (TPSA) is 40.5 Å². The van der Waals surface area contributed by atoms with Crippen LogP contribution >= 0.6 is 0 Å². The number of aliphatic hydroxyl groups excluding tert-OH is 1. The van der Waals surface area contributed by atoms with Gasteiger partial charge in [-0.3, -0.25) is 4.79 Å². The second-order valence-corrected chi connectivity index (χ2v) is 5.41. The predicted octanol–water partition coefficient (Wildman–Crippen LogP) is 2.65. The highest BCUT2D eigenvalue weighted by atomic mass is 16.3. The minimum atomic E-state index is -0.431. The summed E-state index contributed by atoms with van der Waals surface area (Å²) in [5.74, 6) is 0.830. The smallest absolute Gasteiger partial charge is 0.227 e. The van der Waals surface area contributed by atoms with Crippen LogP contribution < -0.4 is 4.90 Å². The summed E-state index contributed by atoms with van der Waals surface area (Å²) in [4.78, 5) is 14.2. The van der Waals surface area contributed by atoms with Crippen LogP contribution in [0.2, 0.25) is 0 Å². The Hall–Kier alpha value is -1.35. The fourth-order valence-electron chi connectivity index (χ4n) is 2.67. The number of amides is 1. The van der Waals surface area contributed by atoms with E-state index in [2.05, 4.69) is 0 Å². The third-order valence-electron chi connectivity index (χ3n) is 3.91. The van der Waals surface area contributed by atoms with Gasteiger partial charge in [-0.15, -0.1) is 0 Å². The van der Waals surface area contributed by atoms with Crippen LogP contribution in [0.1, 0.15) is 43.8 Å². The van der Waals surface area contributed by atoms with Crippen molar-refractivity contribution in [2.45, 2.75) is 38.2 Å². The van der Waals surface area contributed by atoms with E-state index in [-0.39, 0.29) is 5.91 Å². The van der Waals surface area contributed by atoms with E-state index < -0.39 is 6.10 Å². The first-order valence-electron chi connectivity index (χ1n) is 6.83. The molecule has 96 valence electrons. The SMILES string of the molecule is O=C(CC1CC1)N1CCCC(O)c2ccccc21. The van der Waals surface area contributed by atoms with E-state index in [1.807, 2.05) is 29.2 Å². The molecular weight excluding hydrogens is 226 g/mol. The Morgan fingerprint density at radius 2 is 2.06 bits per heavy atom. The summed E-state index contributed by atoms with van der Waals surface area (Å²) in [6.07, 6.45) is 4.24. The molecule has 1 amide bonds. The average Bonchev–Trinajstić information content (AvgIpc) is 3.18. The number of anilines is 1. The molecule has 0 bridgehead atoms. The van der Waals surface area contributed by atoms with Gasteiger partial charge in [-0.2, -0.15) is 0 Å². The van der Waals surface area contributed by atoms with Crippen LogP contribution in [0.15, 0.2) is 24.3 Å². The Bertz CT molecular complexity index is 454. The third-order valence-corrected chi connectivity index (χ3v) is 3.91. The molecular formula is C15H19NO2. The van der Waals surface area contributed by atoms with Gasteiger partial charge in [0.25, 0.3) is 0 Å². The van der Waals surface area contributed by atoms with Crippen molar-refractivity contribution in [2.75, 3.05) is 11.4 Å². The Balaban J connectivity index is 1.89. The van der Waals surface area contributed by atoms with Crippen molar-refractivity contribution >= 4 is 11.6 Å². The van der Waals surface area contributed by atoms with Gasteiger partial charge in [0, 0.05) is 24.2 Å². The van der Waals surface area contributed by atoms with Crippen LogP contribution in [0, 0.1) is 5.92 Å². The zero-order chi connectivity index (χ0) is 12.5. The lowest BCUT2D eigenvalue weighted by Gasteiger charge is -2.23. The summed E-state index contributed by atoms with van der Waals surface area (Å²) >= 11 is 0. The highest BCUT2D eigenvalue weighted by Crippen LogP contribution is 2.36. The van der Waals surface area contributed by atoms with Crippen LogP contribution in [0.25, 0.3) is 0 Å². The van der Waals surface area contributed by atoms with Gasteiger partial charge in [0.15, 0.2) is 0 Å². The van der Waals surface area contributed by atoms with Crippen molar-refractivity contribution < 1.29 is 9.90 Å². The summed E-state index contributed by atoms with van der Waals surface area (Å²) in [6.45, 7) is 0.736. The van der Waals surface area contributed by atoms with Gasteiger partial charge in [0.2, 0.25) is 5.91 Å². The highest BCUT2D eigenvalue weighted by Gasteiger charge is 2.30. The summed E-state index contributed by atoms with van der Waals surface area (Å²) in [5, 5.41) is 10.1. The molecule has 1 unspecified atom stereocenters. The predicted molar refractivity (Wildman–Crippen MR) is 70.3 cm³/mol. The van der Waals surface area contributed by atoms with Crippen molar-refractivity contribution in [3.05, 3.63) is 29.8 Å². The monoisotopic (exact) mass is 245 g/mol. The summed E-state index contributed by atoms with van der Waals surface area (Å²) in [5.41, 5.74) is 1.81. The minimum Gasteiger partial charge on any atom is -0.388 e. The lowest BCUT2D eigenvalue weighted by atomic mass is 10.0. The molecule has 1 aromatic rings. The molecule has 1 aliphatic carbocycles. The molecule has 3 nitrogen and oxygen atoms in total. The quantitative estimate of drug-likeness (QED) is 0.870. The van der Waals surface area contributed by atoms with E-state index >= 15 is 0 Å². The molecule has 3 rings (SSSR count). The van der Waals surface area contributed by atoms with E-state index in [9.17, 15) is 9.90 Å². The molecule has 18 heavy (non-hydrogen) atoms. The molecule has 3 heteroatoms.